The first-order valence-electron chi connectivity index (χ1n) is 7.12. The van der Waals surface area contributed by atoms with Gasteiger partial charge in [-0.1, -0.05) is 20.8 Å². The summed E-state index contributed by atoms with van der Waals surface area (Å²) >= 11 is 0. The maximum absolute atomic E-state index is 10.6. The highest BCUT2D eigenvalue weighted by Gasteiger charge is 2.80. The lowest BCUT2D eigenvalue weighted by molar-refractivity contribution is -0.172. The van der Waals surface area contributed by atoms with Gasteiger partial charge in [-0.15, -0.1) is 0 Å². The fourth-order valence-corrected chi connectivity index (χ4v) is 6.35. The summed E-state index contributed by atoms with van der Waals surface area (Å²) in [6, 6.07) is 0. The van der Waals surface area contributed by atoms with Gasteiger partial charge in [-0.3, -0.25) is 0 Å². The van der Waals surface area contributed by atoms with E-state index in [0.29, 0.717) is 16.2 Å². The first-order valence-corrected chi connectivity index (χ1v) is 7.12. The predicted octanol–water partition coefficient (Wildman–Crippen LogP) is 3.22. The second-order valence-corrected chi connectivity index (χ2v) is 7.87. The second-order valence-electron chi connectivity index (χ2n) is 7.87. The molecule has 0 aromatic carbocycles. The van der Waals surface area contributed by atoms with Gasteiger partial charge in [0, 0.05) is 5.41 Å². The molecule has 0 amide bonds. The maximum Gasteiger partial charge on any atom is 0.0602 e. The second kappa shape index (κ2) is 2.39. The van der Waals surface area contributed by atoms with Crippen LogP contribution in [0.1, 0.15) is 52.9 Å². The van der Waals surface area contributed by atoms with E-state index in [4.69, 9.17) is 0 Å². The van der Waals surface area contributed by atoms with E-state index < -0.39 is 0 Å². The molecule has 90 valence electrons. The summed E-state index contributed by atoms with van der Waals surface area (Å²) < 4.78 is 0. The number of rotatable bonds is 0. The molecule has 0 radical (unpaired) electrons. The highest BCUT2D eigenvalue weighted by Crippen LogP contribution is 2.86. The van der Waals surface area contributed by atoms with Crippen molar-refractivity contribution in [2.24, 2.45) is 34.0 Å². The molecule has 7 unspecified atom stereocenters. The Labute approximate surface area is 98.6 Å². The van der Waals surface area contributed by atoms with Crippen molar-refractivity contribution in [3.8, 4) is 0 Å². The van der Waals surface area contributed by atoms with Gasteiger partial charge in [-0.05, 0) is 60.7 Å². The summed E-state index contributed by atoms with van der Waals surface area (Å²) in [5, 5.41) is 10.6. The molecular formula is C15H24O. The highest BCUT2D eigenvalue weighted by molar-refractivity contribution is 5.28. The monoisotopic (exact) mass is 220 g/mol. The summed E-state index contributed by atoms with van der Waals surface area (Å²) in [5.41, 5.74) is 1.39. The average molecular weight is 220 g/mol. The minimum absolute atomic E-state index is 0.000671. The number of hydrogen-bond acceptors (Lipinski definition) is 1. The Morgan fingerprint density at radius 2 is 1.75 bits per heavy atom. The van der Waals surface area contributed by atoms with E-state index in [0.717, 1.165) is 24.2 Å². The summed E-state index contributed by atoms with van der Waals surface area (Å²) in [6.45, 7) is 7.42. The zero-order chi connectivity index (χ0) is 11.3. The topological polar surface area (TPSA) is 20.2 Å². The van der Waals surface area contributed by atoms with E-state index >= 15 is 0 Å². The summed E-state index contributed by atoms with van der Waals surface area (Å²) in [5.74, 6) is 2.80. The Morgan fingerprint density at radius 3 is 2.38 bits per heavy atom. The molecular weight excluding hydrogens is 196 g/mol. The quantitative estimate of drug-likeness (QED) is 0.664. The van der Waals surface area contributed by atoms with Crippen LogP contribution in [-0.4, -0.2) is 11.2 Å². The molecule has 1 spiro atoms. The van der Waals surface area contributed by atoms with E-state index in [1.54, 1.807) is 0 Å². The lowest BCUT2D eigenvalue weighted by Crippen LogP contribution is -2.58. The normalized spacial score (nSPS) is 71.2. The van der Waals surface area contributed by atoms with Crippen molar-refractivity contribution in [2.75, 3.05) is 0 Å². The van der Waals surface area contributed by atoms with Crippen LogP contribution in [0.2, 0.25) is 0 Å². The zero-order valence-corrected chi connectivity index (χ0v) is 10.8. The largest absolute Gasteiger partial charge is 0.393 e. The fraction of sp³-hybridized carbons (Fsp3) is 1.00. The Bertz CT molecular complexity index is 364. The van der Waals surface area contributed by atoms with Crippen molar-refractivity contribution < 1.29 is 5.11 Å². The molecule has 0 aliphatic heterocycles. The third-order valence-electron chi connectivity index (χ3n) is 7.73. The molecule has 5 saturated carbocycles. The fourth-order valence-electron chi connectivity index (χ4n) is 6.35. The highest BCUT2D eigenvalue weighted by atomic mass is 16.3. The molecule has 7 atom stereocenters. The molecule has 1 heteroatoms. The minimum atomic E-state index is -0.000671. The van der Waals surface area contributed by atoms with Gasteiger partial charge in [-0.2, -0.15) is 0 Å². The lowest BCUT2D eigenvalue weighted by Gasteiger charge is -2.61. The standard InChI is InChI=1S/C15H24O/c1-9-4-5-12(16)15-7-11-10(6-14(9,15)3)13(11,2)8-15/h9-12,16H,4-8H2,1-3H3. The molecule has 5 fully saturated rings. The van der Waals surface area contributed by atoms with Gasteiger partial charge in [0.05, 0.1) is 6.10 Å². The van der Waals surface area contributed by atoms with Gasteiger partial charge in [0.2, 0.25) is 0 Å². The summed E-state index contributed by atoms with van der Waals surface area (Å²) in [7, 11) is 0. The number of aliphatic hydroxyl groups is 1. The SMILES string of the molecule is CC1CCC(O)C23CC4C(CC12C)C4(C)C3. The predicted molar refractivity (Wildman–Crippen MR) is 63.9 cm³/mol. The van der Waals surface area contributed by atoms with Crippen molar-refractivity contribution in [1.29, 1.82) is 0 Å². The molecule has 1 nitrogen and oxygen atoms in total. The zero-order valence-electron chi connectivity index (χ0n) is 10.8. The van der Waals surface area contributed by atoms with Gasteiger partial charge in [0.15, 0.2) is 0 Å². The van der Waals surface area contributed by atoms with Crippen LogP contribution in [0.15, 0.2) is 0 Å². The van der Waals surface area contributed by atoms with E-state index in [9.17, 15) is 5.11 Å². The van der Waals surface area contributed by atoms with Crippen LogP contribution < -0.4 is 0 Å². The number of hydrogen-bond donors (Lipinski definition) is 1. The third kappa shape index (κ3) is 0.749. The van der Waals surface area contributed by atoms with Crippen molar-refractivity contribution in [2.45, 2.75) is 59.0 Å². The molecule has 5 aliphatic carbocycles. The summed E-state index contributed by atoms with van der Waals surface area (Å²) in [6.07, 6.45) is 6.39. The van der Waals surface area contributed by atoms with Gasteiger partial charge in [0.1, 0.15) is 0 Å². The van der Waals surface area contributed by atoms with E-state index in [1.807, 2.05) is 0 Å². The van der Waals surface area contributed by atoms with Crippen molar-refractivity contribution in [1.82, 2.24) is 0 Å². The Kier molecular flexibility index (Phi) is 1.48. The first kappa shape index (κ1) is 9.94. The van der Waals surface area contributed by atoms with Crippen LogP contribution >= 0.6 is 0 Å². The van der Waals surface area contributed by atoms with Gasteiger partial charge in [0.25, 0.3) is 0 Å². The molecule has 0 aromatic heterocycles. The molecule has 1 N–H and O–H groups in total. The molecule has 5 rings (SSSR count). The first-order chi connectivity index (χ1) is 7.44. The van der Waals surface area contributed by atoms with Crippen LogP contribution in [0.25, 0.3) is 0 Å². The Hall–Kier alpha value is -0.0400. The van der Waals surface area contributed by atoms with E-state index in [2.05, 4.69) is 20.8 Å². The number of aliphatic hydroxyl groups excluding tert-OH is 1. The van der Waals surface area contributed by atoms with Crippen molar-refractivity contribution in [3.05, 3.63) is 0 Å². The molecule has 0 aromatic rings. The Balaban J connectivity index is 1.83. The lowest BCUT2D eigenvalue weighted by atomic mass is 9.44. The van der Waals surface area contributed by atoms with Crippen LogP contribution in [0.3, 0.4) is 0 Å². The van der Waals surface area contributed by atoms with Crippen molar-refractivity contribution >= 4 is 0 Å². The summed E-state index contributed by atoms with van der Waals surface area (Å²) in [4.78, 5) is 0. The van der Waals surface area contributed by atoms with Gasteiger partial charge < -0.3 is 5.11 Å². The van der Waals surface area contributed by atoms with Crippen molar-refractivity contribution in [3.63, 3.8) is 0 Å². The maximum atomic E-state index is 10.6. The van der Waals surface area contributed by atoms with E-state index in [-0.39, 0.29) is 6.10 Å². The average Bonchev–Trinajstić information content (AvgIpc) is 2.66. The molecule has 0 heterocycles. The van der Waals surface area contributed by atoms with E-state index in [1.165, 1.54) is 25.7 Å². The molecule has 5 aliphatic rings. The molecule has 16 heavy (non-hydrogen) atoms. The van der Waals surface area contributed by atoms with Crippen LogP contribution in [0.5, 0.6) is 0 Å². The Morgan fingerprint density at radius 1 is 1.06 bits per heavy atom. The third-order valence-corrected chi connectivity index (χ3v) is 7.73. The molecule has 4 bridgehead atoms. The van der Waals surface area contributed by atoms with Crippen LogP contribution in [0, 0.1) is 34.0 Å². The minimum Gasteiger partial charge on any atom is -0.393 e. The van der Waals surface area contributed by atoms with Gasteiger partial charge in [-0.25, -0.2) is 0 Å². The van der Waals surface area contributed by atoms with Crippen LogP contribution in [0.4, 0.5) is 0 Å². The smallest absolute Gasteiger partial charge is 0.0602 e. The molecule has 0 saturated heterocycles. The van der Waals surface area contributed by atoms with Gasteiger partial charge >= 0.3 is 0 Å². The van der Waals surface area contributed by atoms with Crippen LogP contribution in [-0.2, 0) is 0 Å².